The zero-order valence-electron chi connectivity index (χ0n) is 10.7. The Bertz CT molecular complexity index is 999. The third kappa shape index (κ3) is 2.07. The fourth-order valence-electron chi connectivity index (χ4n) is 2.24. The number of rotatable bonds is 1. The Balaban J connectivity index is 1.99. The van der Waals surface area contributed by atoms with E-state index in [1.807, 2.05) is 24.3 Å². The molecule has 2 aromatic heterocycles. The van der Waals surface area contributed by atoms with Gasteiger partial charge in [0.15, 0.2) is 0 Å². The van der Waals surface area contributed by atoms with Gasteiger partial charge in [-0.05, 0) is 0 Å². The van der Waals surface area contributed by atoms with E-state index >= 15 is 0 Å². The summed E-state index contributed by atoms with van der Waals surface area (Å²) in [6.45, 7) is 0. The first kappa shape index (κ1) is 12.4. The Labute approximate surface area is 125 Å². The number of phenols is 1. The zero-order valence-corrected chi connectivity index (χ0v) is 12.5. The van der Waals surface area contributed by atoms with Gasteiger partial charge in [-0.1, -0.05) is 0 Å². The van der Waals surface area contributed by atoms with Gasteiger partial charge in [-0.2, -0.15) is 0 Å². The molecule has 0 fully saturated rings. The molecule has 21 heavy (non-hydrogen) atoms. The third-order valence-electron chi connectivity index (χ3n) is 3.24. The van der Waals surface area contributed by atoms with Gasteiger partial charge in [0.1, 0.15) is 0 Å². The first-order valence-electron chi connectivity index (χ1n) is 6.33. The van der Waals surface area contributed by atoms with Crippen LogP contribution in [0.4, 0.5) is 0 Å². The monoisotopic (exact) mass is 343 g/mol. The van der Waals surface area contributed by atoms with Crippen molar-refractivity contribution in [3.8, 4) is 15.9 Å². The van der Waals surface area contributed by atoms with Crippen LogP contribution in [0.5, 0.6) is 5.75 Å². The van der Waals surface area contributed by atoms with Crippen molar-refractivity contribution >= 4 is 35.2 Å². The molecule has 4 aromatic rings. The van der Waals surface area contributed by atoms with Crippen LogP contribution < -0.4 is 5.63 Å². The van der Waals surface area contributed by atoms with Crippen molar-refractivity contribution in [3.63, 3.8) is 0 Å². The summed E-state index contributed by atoms with van der Waals surface area (Å²) in [5, 5.41) is 10.2. The van der Waals surface area contributed by atoms with Crippen LogP contribution in [0.25, 0.3) is 30.9 Å². The first-order valence-corrected chi connectivity index (χ1v) is 8.05. The number of phenolic OH excluding ortho intramolecular Hbond substituents is 1. The number of aromatic hydroxyl groups is 1. The maximum absolute atomic E-state index is 12.2. The van der Waals surface area contributed by atoms with Crippen molar-refractivity contribution in [3.05, 3.63) is 59.0 Å². The van der Waals surface area contributed by atoms with Crippen LogP contribution in [-0.4, -0.2) is 24.6 Å². The molecule has 1 N–H and O–H groups in total. The van der Waals surface area contributed by atoms with E-state index in [0.717, 1.165) is 15.5 Å². The van der Waals surface area contributed by atoms with E-state index in [1.165, 1.54) is 10.3 Å². The van der Waals surface area contributed by atoms with Gasteiger partial charge in [-0.25, -0.2) is 0 Å². The van der Waals surface area contributed by atoms with Gasteiger partial charge in [0.05, 0.1) is 0 Å². The SMILES string of the molecule is O=c1oc2cc(O)ccc2cc1-c1nc2ccccc2[se]1. The molecule has 0 bridgehead atoms. The Morgan fingerprint density at radius 1 is 1.10 bits per heavy atom. The predicted molar refractivity (Wildman–Crippen MR) is 81.8 cm³/mol. The third-order valence-corrected chi connectivity index (χ3v) is 5.49. The number of nitrogens with zero attached hydrogens (tertiary/aromatic N) is 1. The molecule has 2 heterocycles. The summed E-state index contributed by atoms with van der Waals surface area (Å²) >= 11 is 0.00979. The molecule has 0 amide bonds. The summed E-state index contributed by atoms with van der Waals surface area (Å²) in [6.07, 6.45) is 0. The topological polar surface area (TPSA) is 63.3 Å². The van der Waals surface area contributed by atoms with E-state index in [9.17, 15) is 9.90 Å². The summed E-state index contributed by atoms with van der Waals surface area (Å²) < 4.78 is 7.25. The van der Waals surface area contributed by atoms with Crippen LogP contribution >= 0.6 is 0 Å². The van der Waals surface area contributed by atoms with Crippen molar-refractivity contribution in [2.45, 2.75) is 0 Å². The number of benzene rings is 2. The average molecular weight is 342 g/mol. The molecular formula is C16H9NO3Se. The average Bonchev–Trinajstić information content (AvgIpc) is 2.90. The van der Waals surface area contributed by atoms with Crippen molar-refractivity contribution in [2.24, 2.45) is 0 Å². The van der Waals surface area contributed by atoms with Gasteiger partial charge in [-0.3, -0.25) is 0 Å². The summed E-state index contributed by atoms with van der Waals surface area (Å²) in [4.78, 5) is 16.7. The van der Waals surface area contributed by atoms with Gasteiger partial charge in [0.25, 0.3) is 0 Å². The van der Waals surface area contributed by atoms with Gasteiger partial charge >= 0.3 is 125 Å². The van der Waals surface area contributed by atoms with Crippen LogP contribution in [-0.2, 0) is 0 Å². The van der Waals surface area contributed by atoms with E-state index in [0.29, 0.717) is 11.1 Å². The van der Waals surface area contributed by atoms with Crippen LogP contribution in [0.1, 0.15) is 0 Å². The summed E-state index contributed by atoms with van der Waals surface area (Å²) in [5.74, 6) is 0.0771. The minimum absolute atomic E-state index is 0.00979. The van der Waals surface area contributed by atoms with Gasteiger partial charge in [0.2, 0.25) is 0 Å². The number of fused-ring (bicyclic) bond motifs is 2. The molecule has 0 aliphatic heterocycles. The van der Waals surface area contributed by atoms with Gasteiger partial charge in [0, 0.05) is 0 Å². The van der Waals surface area contributed by atoms with Crippen molar-refractivity contribution in [1.29, 1.82) is 0 Å². The molecule has 5 heteroatoms. The predicted octanol–water partition coefficient (Wildman–Crippen LogP) is 2.77. The number of hydrogen-bond acceptors (Lipinski definition) is 4. The van der Waals surface area contributed by atoms with Crippen molar-refractivity contribution in [2.75, 3.05) is 0 Å². The normalized spacial score (nSPS) is 11.2. The van der Waals surface area contributed by atoms with E-state index in [2.05, 4.69) is 4.98 Å². The summed E-state index contributed by atoms with van der Waals surface area (Å²) in [6, 6.07) is 14.4. The van der Waals surface area contributed by atoms with Crippen LogP contribution in [0.15, 0.2) is 57.7 Å². The molecule has 4 rings (SSSR count). The molecule has 0 spiro atoms. The number of hydrogen-bond donors (Lipinski definition) is 1. The fourth-order valence-corrected chi connectivity index (χ4v) is 4.27. The summed E-state index contributed by atoms with van der Waals surface area (Å²) in [7, 11) is 0. The van der Waals surface area contributed by atoms with Crippen LogP contribution in [0, 0.1) is 0 Å². The molecule has 0 atom stereocenters. The Morgan fingerprint density at radius 2 is 1.95 bits per heavy atom. The first-order chi connectivity index (χ1) is 10.2. The second kappa shape index (κ2) is 4.58. The molecule has 0 radical (unpaired) electrons. The zero-order chi connectivity index (χ0) is 14.4. The molecule has 0 saturated carbocycles. The van der Waals surface area contributed by atoms with Crippen LogP contribution in [0.3, 0.4) is 0 Å². The molecule has 2 aromatic carbocycles. The molecule has 102 valence electrons. The molecule has 0 aliphatic carbocycles. The molecule has 0 saturated heterocycles. The minimum atomic E-state index is -0.415. The molecule has 0 unspecified atom stereocenters. The molecule has 4 nitrogen and oxygen atoms in total. The van der Waals surface area contributed by atoms with Crippen molar-refractivity contribution < 1.29 is 9.52 Å². The standard InChI is InChI=1S/C16H9NO3Se/c18-10-6-5-9-7-11(16(19)20-13(9)8-10)15-17-12-3-1-2-4-14(12)21-15/h1-8,18H. The van der Waals surface area contributed by atoms with E-state index in [-0.39, 0.29) is 20.3 Å². The Hall–Kier alpha value is -2.36. The van der Waals surface area contributed by atoms with E-state index in [1.54, 1.807) is 18.2 Å². The van der Waals surface area contributed by atoms with E-state index < -0.39 is 5.63 Å². The Morgan fingerprint density at radius 3 is 2.81 bits per heavy atom. The molecule has 0 aliphatic rings. The Kier molecular flexibility index (Phi) is 2.70. The second-order valence-electron chi connectivity index (χ2n) is 4.66. The van der Waals surface area contributed by atoms with Gasteiger partial charge < -0.3 is 0 Å². The fraction of sp³-hybridized carbons (Fsp3) is 0. The van der Waals surface area contributed by atoms with Crippen LogP contribution in [0.2, 0.25) is 0 Å². The summed E-state index contributed by atoms with van der Waals surface area (Å²) in [5.41, 5.74) is 1.40. The second-order valence-corrected chi connectivity index (χ2v) is 6.82. The number of para-hydroxylation sites is 1. The quantitative estimate of drug-likeness (QED) is 0.427. The number of aromatic nitrogens is 1. The van der Waals surface area contributed by atoms with E-state index in [4.69, 9.17) is 4.42 Å². The molecular weight excluding hydrogens is 333 g/mol. The van der Waals surface area contributed by atoms with Gasteiger partial charge in [-0.15, -0.1) is 0 Å². The maximum atomic E-state index is 12.2. The van der Waals surface area contributed by atoms with Crippen molar-refractivity contribution in [1.82, 2.24) is 4.98 Å².